The van der Waals surface area contributed by atoms with Crippen LogP contribution in [0.2, 0.25) is 0 Å². The zero-order valence-corrected chi connectivity index (χ0v) is 24.9. The first-order valence-electron chi connectivity index (χ1n) is 15.9. The van der Waals surface area contributed by atoms with Crippen LogP contribution >= 0.6 is 0 Å². The zero-order chi connectivity index (χ0) is 30.2. The van der Waals surface area contributed by atoms with Crippen LogP contribution in [0, 0.1) is 0 Å². The van der Waals surface area contributed by atoms with E-state index in [0.717, 1.165) is 27.5 Å². The fourth-order valence-corrected chi connectivity index (χ4v) is 7.68. The van der Waals surface area contributed by atoms with Crippen molar-refractivity contribution in [1.29, 1.82) is 0 Å². The van der Waals surface area contributed by atoms with Crippen molar-refractivity contribution in [2.24, 2.45) is 0 Å². The summed E-state index contributed by atoms with van der Waals surface area (Å²) in [6.07, 6.45) is -0.449. The average Bonchev–Trinajstić information content (AvgIpc) is 3.69. The Morgan fingerprint density at radius 2 is 1.02 bits per heavy atom. The Hall–Kier alpha value is -5.46. The lowest BCUT2D eigenvalue weighted by Crippen LogP contribution is -2.56. The lowest BCUT2D eigenvalue weighted by Gasteiger charge is -2.40. The monoisotopic (exact) mass is 594 g/mol. The number of fused-ring (bicyclic) bond motifs is 12. The van der Waals surface area contributed by atoms with Gasteiger partial charge in [0.15, 0.2) is 0 Å². The number of furan rings is 1. The van der Waals surface area contributed by atoms with E-state index in [1.807, 2.05) is 0 Å². The number of rotatable bonds is 3. The summed E-state index contributed by atoms with van der Waals surface area (Å²) in [4.78, 5) is 0. The Bertz CT molecular complexity index is 2540. The largest absolute Gasteiger partial charge is 0.455 e. The van der Waals surface area contributed by atoms with Crippen LogP contribution in [0.25, 0.3) is 65.3 Å². The maximum absolute atomic E-state index is 6.81. The van der Waals surface area contributed by atoms with Gasteiger partial charge in [0.25, 0.3) is 0 Å². The van der Waals surface area contributed by atoms with Gasteiger partial charge in [-0.15, -0.1) is 0 Å². The number of hydrogen-bond donors (Lipinski definition) is 3. The van der Waals surface area contributed by atoms with Crippen molar-refractivity contribution in [3.05, 3.63) is 157 Å². The molecule has 9 aromatic rings. The van der Waals surface area contributed by atoms with Gasteiger partial charge in [-0.3, -0.25) is 16.0 Å². The normalized spacial score (nSPS) is 18.8. The van der Waals surface area contributed by atoms with Gasteiger partial charge < -0.3 is 8.98 Å². The summed E-state index contributed by atoms with van der Waals surface area (Å²) < 4.78 is 9.30. The molecule has 0 radical (unpaired) electrons. The van der Waals surface area contributed by atoms with Crippen LogP contribution in [0.15, 0.2) is 150 Å². The van der Waals surface area contributed by atoms with Crippen molar-refractivity contribution in [1.82, 2.24) is 20.5 Å². The first-order valence-corrected chi connectivity index (χ1v) is 15.9. The predicted octanol–water partition coefficient (Wildman–Crippen LogP) is 9.64. The topological polar surface area (TPSA) is 54.2 Å². The van der Waals surface area contributed by atoms with Crippen LogP contribution in [0.4, 0.5) is 0 Å². The van der Waals surface area contributed by atoms with Gasteiger partial charge in [0, 0.05) is 26.9 Å². The molecule has 2 unspecified atom stereocenters. The van der Waals surface area contributed by atoms with Crippen molar-refractivity contribution >= 4 is 65.3 Å². The van der Waals surface area contributed by atoms with Gasteiger partial charge in [-0.05, 0) is 28.0 Å². The summed E-state index contributed by atoms with van der Waals surface area (Å²) in [7, 11) is 0. The second-order valence-electron chi connectivity index (χ2n) is 12.2. The molecule has 0 aliphatic carbocycles. The van der Waals surface area contributed by atoms with Gasteiger partial charge >= 0.3 is 0 Å². The highest BCUT2D eigenvalue weighted by Gasteiger charge is 2.33. The van der Waals surface area contributed by atoms with E-state index in [1.54, 1.807) is 0 Å². The molecule has 0 spiro atoms. The van der Waals surface area contributed by atoms with E-state index >= 15 is 0 Å². The molecule has 3 heterocycles. The quantitative estimate of drug-likeness (QED) is 0.191. The Kier molecular flexibility index (Phi) is 5.63. The minimum atomic E-state index is -0.257. The van der Waals surface area contributed by atoms with Crippen molar-refractivity contribution in [2.75, 3.05) is 0 Å². The molecule has 0 saturated carbocycles. The van der Waals surface area contributed by atoms with E-state index in [-0.39, 0.29) is 18.6 Å². The third-order valence-electron chi connectivity index (χ3n) is 9.67. The molecule has 46 heavy (non-hydrogen) atoms. The number of hydrogen-bond acceptors (Lipinski definition) is 4. The van der Waals surface area contributed by atoms with E-state index in [0.29, 0.717) is 0 Å². The Morgan fingerprint density at radius 3 is 1.74 bits per heavy atom. The number of aromatic nitrogens is 1. The summed E-state index contributed by atoms with van der Waals surface area (Å²) in [6.45, 7) is 0. The molecule has 5 nitrogen and oxygen atoms in total. The van der Waals surface area contributed by atoms with Gasteiger partial charge in [0.2, 0.25) is 0 Å². The molecule has 10 rings (SSSR count). The van der Waals surface area contributed by atoms with Crippen molar-refractivity contribution < 1.29 is 4.42 Å². The summed E-state index contributed by atoms with van der Waals surface area (Å²) in [5.41, 5.74) is 6.54. The number of nitrogens with one attached hydrogen (secondary N) is 3. The number of benzene rings is 7. The van der Waals surface area contributed by atoms with Gasteiger partial charge in [-0.2, -0.15) is 0 Å². The minimum absolute atomic E-state index is 0.0960. The van der Waals surface area contributed by atoms with Crippen LogP contribution < -0.4 is 16.0 Å². The zero-order valence-electron chi connectivity index (χ0n) is 24.9. The van der Waals surface area contributed by atoms with E-state index in [2.05, 4.69) is 166 Å². The molecule has 5 heteroatoms. The smallest absolute Gasteiger partial charge is 0.146 e. The summed E-state index contributed by atoms with van der Waals surface area (Å²) >= 11 is 0. The van der Waals surface area contributed by atoms with Crippen molar-refractivity contribution in [2.45, 2.75) is 18.6 Å². The maximum atomic E-state index is 6.81. The van der Waals surface area contributed by atoms with Gasteiger partial charge in [0.1, 0.15) is 17.5 Å². The van der Waals surface area contributed by atoms with E-state index < -0.39 is 0 Å². The van der Waals surface area contributed by atoms with E-state index in [1.165, 1.54) is 49.0 Å². The fourth-order valence-electron chi connectivity index (χ4n) is 7.68. The fraction of sp³-hybridized carbons (Fsp3) is 0.0732. The molecule has 2 atom stereocenters. The highest BCUT2D eigenvalue weighted by molar-refractivity contribution is 6.36. The van der Waals surface area contributed by atoms with Crippen LogP contribution in [0.5, 0.6) is 0 Å². The van der Waals surface area contributed by atoms with Crippen LogP contribution in [-0.4, -0.2) is 4.57 Å². The molecule has 1 saturated heterocycles. The molecular formula is C41H30N4O. The highest BCUT2D eigenvalue weighted by atomic mass is 16.3. The average molecular weight is 595 g/mol. The highest BCUT2D eigenvalue weighted by Crippen LogP contribution is 2.47. The van der Waals surface area contributed by atoms with Gasteiger partial charge in [0.05, 0.1) is 28.8 Å². The molecule has 2 aromatic heterocycles. The summed E-state index contributed by atoms with van der Waals surface area (Å²) in [6, 6.07) is 51.7. The Morgan fingerprint density at radius 1 is 0.435 bits per heavy atom. The summed E-state index contributed by atoms with van der Waals surface area (Å²) in [5.74, 6) is 0. The molecular weight excluding hydrogens is 564 g/mol. The molecule has 0 amide bonds. The Balaban J connectivity index is 1.35. The SMILES string of the molecule is c1ccc(C2NC(c3ccccc3)NC(n3c4c5ccccc5ccc4c4c5oc6ccccc6c5c5ccccc5c43)N2)cc1. The molecule has 0 bridgehead atoms. The third kappa shape index (κ3) is 3.74. The standard InChI is InChI=1S/C41H30N4O/c1-3-14-26(15-4-1)39-42-40(27-16-5-2-6-17-27)44-41(43-39)45-36-28-18-8-7-13-25(28)23-24-32(36)35-37(45)30-20-10-9-19-29(30)34-31-21-11-12-22-33(31)46-38(34)35/h1-24,39-44H. The minimum Gasteiger partial charge on any atom is -0.455 e. The molecule has 7 aromatic carbocycles. The van der Waals surface area contributed by atoms with Crippen molar-refractivity contribution in [3.63, 3.8) is 0 Å². The van der Waals surface area contributed by atoms with Crippen molar-refractivity contribution in [3.8, 4) is 0 Å². The van der Waals surface area contributed by atoms with Gasteiger partial charge in [-0.1, -0.05) is 140 Å². The lowest BCUT2D eigenvalue weighted by atomic mass is 9.99. The molecule has 3 N–H and O–H groups in total. The summed E-state index contributed by atoms with van der Waals surface area (Å²) in [5, 5.41) is 21.2. The second-order valence-corrected chi connectivity index (χ2v) is 12.2. The first-order chi connectivity index (χ1) is 22.8. The number of para-hydroxylation sites is 1. The predicted molar refractivity (Wildman–Crippen MR) is 189 cm³/mol. The van der Waals surface area contributed by atoms with Gasteiger partial charge in [-0.25, -0.2) is 0 Å². The van der Waals surface area contributed by atoms with Crippen LogP contribution in [-0.2, 0) is 0 Å². The first kappa shape index (κ1) is 25.8. The molecule has 1 fully saturated rings. The second kappa shape index (κ2) is 10.0. The van der Waals surface area contributed by atoms with Crippen LogP contribution in [0.1, 0.15) is 29.7 Å². The lowest BCUT2D eigenvalue weighted by molar-refractivity contribution is 0.161. The maximum Gasteiger partial charge on any atom is 0.146 e. The molecule has 220 valence electrons. The van der Waals surface area contributed by atoms with E-state index in [9.17, 15) is 0 Å². The Labute approximate surface area is 265 Å². The van der Waals surface area contributed by atoms with Crippen LogP contribution in [0.3, 0.4) is 0 Å². The van der Waals surface area contributed by atoms with E-state index in [4.69, 9.17) is 4.42 Å². The molecule has 1 aliphatic rings. The third-order valence-corrected chi connectivity index (χ3v) is 9.67. The number of nitrogens with zero attached hydrogens (tertiary/aromatic N) is 1. The molecule has 1 aliphatic heterocycles.